The highest BCUT2D eigenvalue weighted by atomic mass is 35.5. The molecule has 8 nitrogen and oxygen atoms in total. The van der Waals surface area contributed by atoms with Gasteiger partial charge in [0.05, 0.1) is 34.4 Å². The minimum Gasteiger partial charge on any atom is -0.474 e. The number of hydrogen-bond acceptors (Lipinski definition) is 7. The van der Waals surface area contributed by atoms with Crippen LogP contribution >= 0.6 is 35.6 Å². The summed E-state index contributed by atoms with van der Waals surface area (Å²) in [4.78, 5) is 32.4. The van der Waals surface area contributed by atoms with Crippen molar-refractivity contribution in [1.82, 2.24) is 14.9 Å². The molecule has 2 aromatic heterocycles. The summed E-state index contributed by atoms with van der Waals surface area (Å²) in [6, 6.07) is 7.21. The summed E-state index contributed by atoms with van der Waals surface area (Å²) >= 11 is 13.0. The smallest absolute Gasteiger partial charge is 0.343 e. The van der Waals surface area contributed by atoms with Crippen molar-refractivity contribution in [2.75, 3.05) is 37.7 Å². The fourth-order valence-electron chi connectivity index (χ4n) is 4.99. The van der Waals surface area contributed by atoms with E-state index in [1.165, 1.54) is 0 Å². The predicted molar refractivity (Wildman–Crippen MR) is 148 cm³/mol. The van der Waals surface area contributed by atoms with Crippen LogP contribution in [-0.2, 0) is 10.3 Å². The minimum absolute atomic E-state index is 0. The zero-order valence-corrected chi connectivity index (χ0v) is 23.0. The molecule has 37 heavy (non-hydrogen) atoms. The van der Waals surface area contributed by atoms with Crippen LogP contribution in [0.3, 0.4) is 0 Å². The highest BCUT2D eigenvalue weighted by molar-refractivity contribution is 6.34. The second-order valence-corrected chi connectivity index (χ2v) is 10.3. The van der Waals surface area contributed by atoms with Crippen molar-refractivity contribution in [3.63, 3.8) is 0 Å². The van der Waals surface area contributed by atoms with Crippen molar-refractivity contribution in [2.45, 2.75) is 38.3 Å². The van der Waals surface area contributed by atoms with Gasteiger partial charge in [0.25, 0.3) is 0 Å². The average Bonchev–Trinajstić information content (AvgIpc) is 3.31. The summed E-state index contributed by atoms with van der Waals surface area (Å²) in [7, 11) is 0. The van der Waals surface area contributed by atoms with Gasteiger partial charge in [0.15, 0.2) is 0 Å². The van der Waals surface area contributed by atoms with Crippen molar-refractivity contribution in [2.24, 2.45) is 0 Å². The molecule has 0 radical (unpaired) electrons. The first-order valence-corrected chi connectivity index (χ1v) is 12.8. The molecule has 1 aromatic carbocycles. The van der Waals surface area contributed by atoms with Crippen molar-refractivity contribution >= 4 is 58.2 Å². The molecule has 1 N–H and O–H groups in total. The molecule has 198 valence electrons. The number of benzene rings is 1. The Balaban J connectivity index is 0.00000320. The third kappa shape index (κ3) is 5.12. The molecule has 5 rings (SSSR count). The van der Waals surface area contributed by atoms with Crippen LogP contribution in [0.1, 0.15) is 37.0 Å². The summed E-state index contributed by atoms with van der Waals surface area (Å²) in [5, 5.41) is 4.61. The summed E-state index contributed by atoms with van der Waals surface area (Å²) < 4.78 is 13.1. The molecule has 11 heteroatoms. The molecule has 0 unspecified atom stereocenters. The zero-order chi connectivity index (χ0) is 25.4. The van der Waals surface area contributed by atoms with Gasteiger partial charge >= 0.3 is 5.97 Å². The first-order chi connectivity index (χ1) is 17.3. The molecule has 4 heterocycles. The Morgan fingerprint density at radius 1 is 1.27 bits per heavy atom. The number of pyridine rings is 2. The van der Waals surface area contributed by atoms with E-state index in [0.717, 1.165) is 43.7 Å². The first-order valence-electron chi connectivity index (χ1n) is 12.1. The Bertz CT molecular complexity index is 1380. The Morgan fingerprint density at radius 2 is 2.05 bits per heavy atom. The lowest BCUT2D eigenvalue weighted by atomic mass is 9.93. The van der Waals surface area contributed by atoms with Gasteiger partial charge < -0.3 is 24.3 Å². The van der Waals surface area contributed by atoms with Gasteiger partial charge in [0.2, 0.25) is 11.3 Å². The van der Waals surface area contributed by atoms with Crippen molar-refractivity contribution in [3.05, 3.63) is 62.5 Å². The number of hydrogen-bond donors (Lipinski definition) is 1. The quantitative estimate of drug-likeness (QED) is 0.415. The topological polar surface area (TPSA) is 85.7 Å². The molecule has 0 bridgehead atoms. The van der Waals surface area contributed by atoms with Gasteiger partial charge in [-0.25, -0.2) is 9.78 Å². The number of nitrogens with one attached hydrogen (secondary N) is 1. The monoisotopic (exact) mass is 566 g/mol. The van der Waals surface area contributed by atoms with Gasteiger partial charge in [-0.2, -0.15) is 0 Å². The molecular weight excluding hydrogens is 539 g/mol. The van der Waals surface area contributed by atoms with Crippen LogP contribution in [0.5, 0.6) is 5.88 Å². The number of rotatable bonds is 7. The molecule has 2 fully saturated rings. The summed E-state index contributed by atoms with van der Waals surface area (Å²) in [5.74, 6) is -0.222. The number of carbonyl (C=O) groups excluding carboxylic acids is 1. The normalized spacial score (nSPS) is 18.3. The Labute approximate surface area is 231 Å². The van der Waals surface area contributed by atoms with Crippen molar-refractivity contribution in [3.8, 4) is 5.88 Å². The van der Waals surface area contributed by atoms with E-state index >= 15 is 0 Å². The predicted octanol–water partition coefficient (Wildman–Crippen LogP) is 4.67. The average molecular weight is 568 g/mol. The number of ether oxygens (including phenoxy) is 2. The van der Waals surface area contributed by atoms with Gasteiger partial charge in [0.1, 0.15) is 17.2 Å². The molecule has 1 atom stereocenters. The van der Waals surface area contributed by atoms with E-state index in [2.05, 4.69) is 22.1 Å². The van der Waals surface area contributed by atoms with Crippen LogP contribution < -0.4 is 20.4 Å². The van der Waals surface area contributed by atoms with Crippen molar-refractivity contribution in [1.29, 1.82) is 0 Å². The third-order valence-corrected chi connectivity index (χ3v) is 7.57. The van der Waals surface area contributed by atoms with E-state index in [9.17, 15) is 9.59 Å². The maximum atomic E-state index is 13.3. The van der Waals surface area contributed by atoms with Crippen LogP contribution in [0, 0.1) is 0 Å². The lowest BCUT2D eigenvalue weighted by Gasteiger charge is -2.42. The molecular formula is C26H29Cl3N4O4. The summed E-state index contributed by atoms with van der Waals surface area (Å²) in [6.45, 7) is 6.65. The van der Waals surface area contributed by atoms with Gasteiger partial charge in [0, 0.05) is 37.4 Å². The molecule has 2 aliphatic heterocycles. The lowest BCUT2D eigenvalue weighted by Crippen LogP contribution is -2.58. The van der Waals surface area contributed by atoms with Crippen LogP contribution in [0.25, 0.3) is 10.9 Å². The second kappa shape index (κ2) is 11.1. The minimum atomic E-state index is -0.626. The number of halogens is 3. The lowest BCUT2D eigenvalue weighted by molar-refractivity contribution is 0.0523. The van der Waals surface area contributed by atoms with Gasteiger partial charge in [-0.3, -0.25) is 4.79 Å². The van der Waals surface area contributed by atoms with E-state index < -0.39 is 5.97 Å². The number of nitrogens with zero attached hydrogens (tertiary/aromatic N) is 3. The van der Waals surface area contributed by atoms with Crippen LogP contribution in [0.4, 0.5) is 5.69 Å². The molecule has 3 aromatic rings. The fraction of sp³-hybridized carbons (Fsp3) is 0.423. The highest BCUT2D eigenvalue weighted by Crippen LogP contribution is 2.37. The van der Waals surface area contributed by atoms with Crippen molar-refractivity contribution < 1.29 is 14.3 Å². The van der Waals surface area contributed by atoms with E-state index in [1.54, 1.807) is 37.5 Å². The molecule has 2 saturated heterocycles. The largest absolute Gasteiger partial charge is 0.474 e. The van der Waals surface area contributed by atoms with Gasteiger partial charge in [-0.15, -0.1) is 12.4 Å². The Kier molecular flexibility index (Phi) is 8.23. The maximum absolute atomic E-state index is 13.3. The molecule has 0 amide bonds. The number of fused-ring (bicyclic) bond motifs is 1. The standard InChI is InChI=1S/C26H28Cl2N4O4.ClH/c1-3-35-25(34)18-12-32(26(2)14-29-15-26)21-11-22(20(28)10-17(21)23(18)33)31-9-5-6-16(31)13-36-24-19(27)7-4-8-30-24;/h4,7-8,10-12,16,29H,3,5-6,9,13-15H2,1-2H3;1H/t16-;/m1./s1. The van der Waals surface area contributed by atoms with Crippen LogP contribution in [0.15, 0.2) is 41.5 Å². The Hall–Kier alpha value is -2.52. The Morgan fingerprint density at radius 3 is 2.73 bits per heavy atom. The number of aromatic nitrogens is 2. The van der Waals surface area contributed by atoms with E-state index in [0.29, 0.717) is 27.9 Å². The highest BCUT2D eigenvalue weighted by Gasteiger charge is 2.36. The molecule has 0 aliphatic carbocycles. The first kappa shape index (κ1) is 27.5. The molecule has 0 spiro atoms. The van der Waals surface area contributed by atoms with E-state index in [-0.39, 0.29) is 41.6 Å². The van der Waals surface area contributed by atoms with Crippen LogP contribution in [-0.4, -0.2) is 54.4 Å². The van der Waals surface area contributed by atoms with Gasteiger partial charge in [-0.05, 0) is 51.0 Å². The maximum Gasteiger partial charge on any atom is 0.343 e. The third-order valence-electron chi connectivity index (χ3n) is 6.98. The SMILES string of the molecule is CCOC(=O)c1cn(C2(C)CNC2)c2cc(N3CCC[C@@H]3COc3ncccc3Cl)c(Cl)cc2c1=O.Cl. The number of esters is 1. The second-order valence-electron chi connectivity index (χ2n) is 9.47. The van der Waals surface area contributed by atoms with Crippen LogP contribution in [0.2, 0.25) is 10.0 Å². The van der Waals surface area contributed by atoms with E-state index in [1.807, 2.05) is 10.6 Å². The fourth-order valence-corrected chi connectivity index (χ4v) is 5.44. The number of carbonyl (C=O) groups is 1. The summed E-state index contributed by atoms with van der Waals surface area (Å²) in [5.41, 5.74) is 0.906. The zero-order valence-electron chi connectivity index (χ0n) is 20.6. The van der Waals surface area contributed by atoms with Gasteiger partial charge in [-0.1, -0.05) is 23.2 Å². The molecule has 0 saturated carbocycles. The number of anilines is 1. The van der Waals surface area contributed by atoms with E-state index in [4.69, 9.17) is 32.7 Å². The summed E-state index contributed by atoms with van der Waals surface area (Å²) in [6.07, 6.45) is 5.19. The molecule has 2 aliphatic rings.